The molecule has 3 aliphatic heterocycles. The summed E-state index contributed by atoms with van der Waals surface area (Å²) in [5.74, 6) is -1.77. The second kappa shape index (κ2) is 11.2. The molecule has 11 heteroatoms. The number of hydrogen-bond acceptors (Lipinski definition) is 7. The van der Waals surface area contributed by atoms with Crippen LogP contribution in [0.1, 0.15) is 46.5 Å². The maximum absolute atomic E-state index is 15.0. The van der Waals surface area contributed by atoms with E-state index in [9.17, 15) is 23.2 Å². The summed E-state index contributed by atoms with van der Waals surface area (Å²) < 4.78 is 35.4. The summed E-state index contributed by atoms with van der Waals surface area (Å²) in [6, 6.07) is 1.71. The number of nitrogens with zero attached hydrogens (tertiary/aromatic N) is 3. The lowest BCUT2D eigenvalue weighted by molar-refractivity contribution is -0.133. The van der Waals surface area contributed by atoms with Crippen LogP contribution in [-0.4, -0.2) is 85.2 Å². The fourth-order valence-corrected chi connectivity index (χ4v) is 5.13. The van der Waals surface area contributed by atoms with Gasteiger partial charge in [0.25, 0.3) is 0 Å². The van der Waals surface area contributed by atoms with Crippen LogP contribution >= 0.6 is 0 Å². The predicted molar refractivity (Wildman–Crippen MR) is 135 cm³/mol. The average molecular weight is 522 g/mol. The molecule has 0 aliphatic carbocycles. The predicted octanol–water partition coefficient (Wildman–Crippen LogP) is 2.95. The Morgan fingerprint density at radius 2 is 1.65 bits per heavy atom. The number of imide groups is 1. The van der Waals surface area contributed by atoms with Crippen LogP contribution in [0.5, 0.6) is 0 Å². The van der Waals surface area contributed by atoms with Crippen molar-refractivity contribution in [2.45, 2.75) is 58.1 Å². The Labute approximate surface area is 216 Å². The molecule has 0 aromatic heterocycles. The Balaban J connectivity index is 1.25. The molecule has 2 N–H and O–H groups in total. The number of nitrogens with one attached hydrogen (secondary N) is 2. The molecule has 0 spiro atoms. The third-order valence-corrected chi connectivity index (χ3v) is 7.07. The van der Waals surface area contributed by atoms with E-state index in [1.54, 1.807) is 9.80 Å². The van der Waals surface area contributed by atoms with Crippen molar-refractivity contribution in [1.82, 2.24) is 15.1 Å². The molecule has 0 radical (unpaired) electrons. The van der Waals surface area contributed by atoms with Crippen LogP contribution < -0.4 is 15.5 Å². The van der Waals surface area contributed by atoms with Gasteiger partial charge in [-0.05, 0) is 58.1 Å². The summed E-state index contributed by atoms with van der Waals surface area (Å²) in [6.07, 6.45) is 1.82. The number of carbonyl (C=O) groups excluding carboxylic acids is 3. The van der Waals surface area contributed by atoms with Crippen LogP contribution in [0.25, 0.3) is 0 Å². The standard InChI is InChI=1S/C26H37F2N5O4/c1-26(2,3)37-25(36)33-12-10-31(11-13-33)16-17-6-8-32(9-7-17)23-19(27)14-18(15-20(23)28)29-21-4-5-22(34)30-24(21)35/h14-15,17,21,29H,4-13,16H2,1-3H3,(H,30,34,35). The summed E-state index contributed by atoms with van der Waals surface area (Å²) in [4.78, 5) is 41.4. The Morgan fingerprint density at radius 1 is 1.03 bits per heavy atom. The molecule has 4 rings (SSSR count). The minimum absolute atomic E-state index is 0.0433. The molecular formula is C26H37F2N5O4. The summed E-state index contributed by atoms with van der Waals surface area (Å²) in [5.41, 5.74) is -0.377. The van der Waals surface area contributed by atoms with Gasteiger partial charge in [-0.15, -0.1) is 0 Å². The van der Waals surface area contributed by atoms with Gasteiger partial charge in [-0.25, -0.2) is 13.6 Å². The molecule has 37 heavy (non-hydrogen) atoms. The van der Waals surface area contributed by atoms with Crippen molar-refractivity contribution in [2.75, 3.05) is 56.0 Å². The lowest BCUT2D eigenvalue weighted by Crippen LogP contribution is -2.51. The highest BCUT2D eigenvalue weighted by molar-refractivity contribution is 6.01. The molecule has 3 saturated heterocycles. The Hall–Kier alpha value is -2.95. The monoisotopic (exact) mass is 521 g/mol. The molecule has 1 aromatic rings. The highest BCUT2D eigenvalue weighted by Gasteiger charge is 2.30. The molecule has 3 fully saturated rings. The van der Waals surface area contributed by atoms with E-state index in [0.717, 1.165) is 32.5 Å². The van der Waals surface area contributed by atoms with E-state index in [1.807, 2.05) is 20.8 Å². The molecule has 3 heterocycles. The molecule has 1 unspecified atom stereocenters. The maximum Gasteiger partial charge on any atom is 0.410 e. The zero-order valence-corrected chi connectivity index (χ0v) is 21.8. The van der Waals surface area contributed by atoms with Gasteiger partial charge in [0.1, 0.15) is 17.3 Å². The van der Waals surface area contributed by atoms with Gasteiger partial charge >= 0.3 is 6.09 Å². The van der Waals surface area contributed by atoms with Crippen molar-refractivity contribution in [3.63, 3.8) is 0 Å². The van der Waals surface area contributed by atoms with E-state index in [4.69, 9.17) is 4.74 Å². The smallest absolute Gasteiger partial charge is 0.410 e. The van der Waals surface area contributed by atoms with Crippen molar-refractivity contribution in [1.29, 1.82) is 0 Å². The van der Waals surface area contributed by atoms with E-state index in [2.05, 4.69) is 15.5 Å². The number of hydrogen-bond donors (Lipinski definition) is 2. The quantitative estimate of drug-likeness (QED) is 0.576. The molecule has 0 bridgehead atoms. The Bertz CT molecular complexity index is 992. The number of carbonyl (C=O) groups is 3. The molecule has 1 aromatic carbocycles. The third-order valence-electron chi connectivity index (χ3n) is 7.07. The zero-order chi connectivity index (χ0) is 26.7. The Kier molecular flexibility index (Phi) is 8.20. The zero-order valence-electron chi connectivity index (χ0n) is 21.8. The van der Waals surface area contributed by atoms with Crippen LogP contribution in [0.15, 0.2) is 12.1 Å². The van der Waals surface area contributed by atoms with Gasteiger partial charge in [-0.1, -0.05) is 0 Å². The van der Waals surface area contributed by atoms with Crippen molar-refractivity contribution >= 4 is 29.3 Å². The van der Waals surface area contributed by atoms with Gasteiger partial charge in [0.15, 0.2) is 11.6 Å². The largest absolute Gasteiger partial charge is 0.444 e. The number of piperazine rings is 1. The third kappa shape index (κ3) is 7.09. The van der Waals surface area contributed by atoms with Crippen molar-refractivity contribution in [3.8, 4) is 0 Å². The Morgan fingerprint density at radius 3 is 2.22 bits per heavy atom. The van der Waals surface area contributed by atoms with E-state index >= 15 is 0 Å². The maximum atomic E-state index is 15.0. The number of benzene rings is 1. The molecule has 9 nitrogen and oxygen atoms in total. The van der Waals surface area contributed by atoms with Gasteiger partial charge in [0.05, 0.1) is 0 Å². The second-order valence-electron chi connectivity index (χ2n) is 11.1. The SMILES string of the molecule is CC(C)(C)OC(=O)N1CCN(CC2CCN(c3c(F)cc(NC4CCC(=O)NC4=O)cc3F)CC2)CC1. The first-order chi connectivity index (χ1) is 17.5. The van der Waals surface area contributed by atoms with E-state index in [-0.39, 0.29) is 36.2 Å². The summed E-state index contributed by atoms with van der Waals surface area (Å²) in [5, 5.41) is 5.06. The number of amides is 3. The van der Waals surface area contributed by atoms with Crippen LogP contribution in [0.4, 0.5) is 25.0 Å². The molecule has 0 saturated carbocycles. The highest BCUT2D eigenvalue weighted by atomic mass is 19.1. The molecule has 204 valence electrons. The fraction of sp³-hybridized carbons (Fsp3) is 0.654. The number of piperidine rings is 2. The second-order valence-corrected chi connectivity index (χ2v) is 11.1. The van der Waals surface area contributed by atoms with Crippen LogP contribution in [0.3, 0.4) is 0 Å². The minimum Gasteiger partial charge on any atom is -0.444 e. The van der Waals surface area contributed by atoms with E-state index in [0.29, 0.717) is 32.1 Å². The first-order valence-electron chi connectivity index (χ1n) is 13.0. The van der Waals surface area contributed by atoms with Crippen molar-refractivity contribution in [2.24, 2.45) is 5.92 Å². The van der Waals surface area contributed by atoms with Crippen LogP contribution in [0.2, 0.25) is 0 Å². The minimum atomic E-state index is -0.705. The molecule has 3 amide bonds. The first kappa shape index (κ1) is 27.1. The van der Waals surface area contributed by atoms with Gasteiger partial charge in [0, 0.05) is 57.9 Å². The normalized spacial score (nSPS) is 22.1. The van der Waals surface area contributed by atoms with Crippen LogP contribution in [-0.2, 0) is 14.3 Å². The number of ether oxygens (including phenoxy) is 1. The molecular weight excluding hydrogens is 484 g/mol. The fourth-order valence-electron chi connectivity index (χ4n) is 5.13. The van der Waals surface area contributed by atoms with E-state index < -0.39 is 29.2 Å². The summed E-state index contributed by atoms with van der Waals surface area (Å²) in [7, 11) is 0. The lowest BCUT2D eigenvalue weighted by atomic mass is 9.95. The summed E-state index contributed by atoms with van der Waals surface area (Å²) in [6.45, 7) is 10.4. The highest BCUT2D eigenvalue weighted by Crippen LogP contribution is 2.31. The molecule has 1 atom stereocenters. The summed E-state index contributed by atoms with van der Waals surface area (Å²) >= 11 is 0. The number of anilines is 2. The molecule has 3 aliphatic rings. The number of halogens is 2. The van der Waals surface area contributed by atoms with Gasteiger partial charge in [0.2, 0.25) is 11.8 Å². The first-order valence-corrected chi connectivity index (χ1v) is 13.0. The number of rotatable bonds is 5. The van der Waals surface area contributed by atoms with Crippen molar-refractivity contribution in [3.05, 3.63) is 23.8 Å². The lowest BCUT2D eigenvalue weighted by Gasteiger charge is -2.39. The van der Waals surface area contributed by atoms with E-state index in [1.165, 1.54) is 12.1 Å². The van der Waals surface area contributed by atoms with Crippen molar-refractivity contribution < 1.29 is 27.9 Å². The topological polar surface area (TPSA) is 94.2 Å². The van der Waals surface area contributed by atoms with Gasteiger partial charge in [-0.3, -0.25) is 19.8 Å². The van der Waals surface area contributed by atoms with Gasteiger partial charge in [-0.2, -0.15) is 0 Å². The van der Waals surface area contributed by atoms with Gasteiger partial charge < -0.3 is 19.9 Å². The average Bonchev–Trinajstić information content (AvgIpc) is 2.81. The van der Waals surface area contributed by atoms with Crippen LogP contribution in [0, 0.1) is 17.6 Å².